The summed E-state index contributed by atoms with van der Waals surface area (Å²) in [6, 6.07) is 2.66. The fraction of sp³-hybridized carbons (Fsp3) is 0.533. The van der Waals surface area contributed by atoms with E-state index < -0.39 is 0 Å². The molecule has 0 bridgehead atoms. The molecule has 1 atom stereocenters. The van der Waals surface area contributed by atoms with Gasteiger partial charge in [-0.25, -0.2) is 0 Å². The molecule has 1 aromatic heterocycles. The van der Waals surface area contributed by atoms with Crippen molar-refractivity contribution in [3.8, 4) is 0 Å². The summed E-state index contributed by atoms with van der Waals surface area (Å²) in [6.07, 6.45) is 3.30. The van der Waals surface area contributed by atoms with E-state index in [2.05, 4.69) is 64.1 Å². The average Bonchev–Trinajstić information content (AvgIpc) is 3.09. The van der Waals surface area contributed by atoms with E-state index in [1.54, 1.807) is 0 Å². The number of hydrogen-bond acceptors (Lipinski definition) is 3. The molecule has 2 heterocycles. The van der Waals surface area contributed by atoms with E-state index in [0.717, 1.165) is 34.6 Å². The molecule has 114 valence electrons. The lowest BCUT2D eigenvalue weighted by molar-refractivity contribution is 0.315. The third kappa shape index (κ3) is 2.67. The fourth-order valence-corrected chi connectivity index (χ4v) is 3.55. The number of hydrogen-bond donors (Lipinski definition) is 0. The SMILES string of the molecule is CCn1cc2c(N3CCC(N(C)C)C3)cc(Cl)c(Br)c2n1. The van der Waals surface area contributed by atoms with Crippen LogP contribution >= 0.6 is 27.5 Å². The van der Waals surface area contributed by atoms with Gasteiger partial charge in [-0.05, 0) is 49.4 Å². The summed E-state index contributed by atoms with van der Waals surface area (Å²) >= 11 is 9.96. The van der Waals surface area contributed by atoms with E-state index in [0.29, 0.717) is 6.04 Å². The number of benzene rings is 1. The Morgan fingerprint density at radius 2 is 2.24 bits per heavy atom. The molecule has 1 aliphatic rings. The van der Waals surface area contributed by atoms with Crippen molar-refractivity contribution in [3.05, 3.63) is 21.8 Å². The summed E-state index contributed by atoms with van der Waals surface area (Å²) in [5.74, 6) is 0. The second kappa shape index (κ2) is 5.78. The van der Waals surface area contributed by atoms with Gasteiger partial charge < -0.3 is 9.80 Å². The normalized spacial score (nSPS) is 19.1. The van der Waals surface area contributed by atoms with Crippen molar-refractivity contribution in [2.75, 3.05) is 32.1 Å². The topological polar surface area (TPSA) is 24.3 Å². The number of halogens is 2. The molecular weight excluding hydrogens is 352 g/mol. The first-order valence-corrected chi connectivity index (χ1v) is 8.45. The number of anilines is 1. The Morgan fingerprint density at radius 3 is 2.86 bits per heavy atom. The van der Waals surface area contributed by atoms with Gasteiger partial charge in [-0.2, -0.15) is 5.10 Å². The molecule has 0 radical (unpaired) electrons. The largest absolute Gasteiger partial charge is 0.369 e. The van der Waals surface area contributed by atoms with Gasteiger partial charge in [0.1, 0.15) is 5.52 Å². The maximum Gasteiger partial charge on any atom is 0.110 e. The summed E-state index contributed by atoms with van der Waals surface area (Å²) in [5.41, 5.74) is 2.15. The van der Waals surface area contributed by atoms with Crippen molar-refractivity contribution in [1.82, 2.24) is 14.7 Å². The number of likely N-dealkylation sites (N-methyl/N-ethyl adjacent to an activating group) is 1. The van der Waals surface area contributed by atoms with Crippen LogP contribution in [-0.2, 0) is 6.54 Å². The van der Waals surface area contributed by atoms with Crippen LogP contribution in [0.5, 0.6) is 0 Å². The van der Waals surface area contributed by atoms with E-state index in [-0.39, 0.29) is 0 Å². The molecule has 1 fully saturated rings. The smallest absolute Gasteiger partial charge is 0.110 e. The van der Waals surface area contributed by atoms with Crippen LogP contribution in [-0.4, -0.2) is 47.9 Å². The molecule has 1 aliphatic heterocycles. The maximum absolute atomic E-state index is 6.39. The van der Waals surface area contributed by atoms with Crippen LogP contribution in [0.3, 0.4) is 0 Å². The standard InChI is InChI=1S/C15H20BrClN4/c1-4-21-9-11-13(7-12(17)14(16)15(11)18-21)20-6-5-10(8-20)19(2)3/h7,9-10H,4-6,8H2,1-3H3. The minimum Gasteiger partial charge on any atom is -0.369 e. The van der Waals surface area contributed by atoms with Crippen LogP contribution in [0.4, 0.5) is 5.69 Å². The molecule has 21 heavy (non-hydrogen) atoms. The Hall–Kier alpha value is -0.780. The maximum atomic E-state index is 6.39. The molecule has 1 unspecified atom stereocenters. The van der Waals surface area contributed by atoms with E-state index in [1.165, 1.54) is 17.5 Å². The first-order valence-electron chi connectivity index (χ1n) is 7.27. The molecule has 1 saturated heterocycles. The number of rotatable bonds is 3. The van der Waals surface area contributed by atoms with Crippen LogP contribution in [0.2, 0.25) is 5.02 Å². The predicted molar refractivity (Wildman–Crippen MR) is 92.4 cm³/mol. The van der Waals surface area contributed by atoms with Gasteiger partial charge in [0, 0.05) is 42.9 Å². The molecule has 0 spiro atoms. The Labute approximate surface area is 138 Å². The molecule has 0 saturated carbocycles. The molecule has 3 rings (SSSR count). The first kappa shape index (κ1) is 15.1. The van der Waals surface area contributed by atoms with E-state index in [1.807, 2.05) is 4.68 Å². The Kier molecular flexibility index (Phi) is 4.17. The summed E-state index contributed by atoms with van der Waals surface area (Å²) in [4.78, 5) is 4.72. The van der Waals surface area contributed by atoms with Crippen molar-refractivity contribution >= 4 is 44.1 Å². The number of aromatic nitrogens is 2. The van der Waals surface area contributed by atoms with Gasteiger partial charge in [0.2, 0.25) is 0 Å². The lowest BCUT2D eigenvalue weighted by Crippen LogP contribution is -2.31. The zero-order valence-electron chi connectivity index (χ0n) is 12.6. The summed E-state index contributed by atoms with van der Waals surface area (Å²) in [7, 11) is 4.29. The van der Waals surface area contributed by atoms with E-state index in [4.69, 9.17) is 11.6 Å². The van der Waals surface area contributed by atoms with Crippen LogP contribution in [0, 0.1) is 0 Å². The highest BCUT2D eigenvalue weighted by molar-refractivity contribution is 9.10. The minimum absolute atomic E-state index is 0.601. The van der Waals surface area contributed by atoms with Crippen molar-refractivity contribution < 1.29 is 0 Å². The molecule has 0 amide bonds. The molecule has 6 heteroatoms. The molecule has 4 nitrogen and oxygen atoms in total. The number of nitrogens with zero attached hydrogens (tertiary/aromatic N) is 4. The van der Waals surface area contributed by atoms with Crippen LogP contribution in [0.15, 0.2) is 16.7 Å². The monoisotopic (exact) mass is 370 g/mol. The van der Waals surface area contributed by atoms with Gasteiger partial charge >= 0.3 is 0 Å². The summed E-state index contributed by atoms with van der Waals surface area (Å²) in [5, 5.41) is 6.53. The summed E-state index contributed by atoms with van der Waals surface area (Å²) in [6.45, 7) is 5.06. The summed E-state index contributed by atoms with van der Waals surface area (Å²) < 4.78 is 2.85. The van der Waals surface area contributed by atoms with Gasteiger partial charge in [0.05, 0.1) is 9.50 Å². The average molecular weight is 372 g/mol. The number of fused-ring (bicyclic) bond motifs is 1. The molecule has 0 N–H and O–H groups in total. The predicted octanol–water partition coefficient (Wildman–Crippen LogP) is 3.61. The van der Waals surface area contributed by atoms with Crippen molar-refractivity contribution in [3.63, 3.8) is 0 Å². The second-order valence-electron chi connectivity index (χ2n) is 5.79. The zero-order chi connectivity index (χ0) is 15.1. The highest BCUT2D eigenvalue weighted by atomic mass is 79.9. The Morgan fingerprint density at radius 1 is 1.48 bits per heavy atom. The quantitative estimate of drug-likeness (QED) is 0.824. The van der Waals surface area contributed by atoms with Crippen LogP contribution in [0.25, 0.3) is 10.9 Å². The highest BCUT2D eigenvalue weighted by Crippen LogP contribution is 2.38. The van der Waals surface area contributed by atoms with Gasteiger partial charge in [-0.3, -0.25) is 4.68 Å². The van der Waals surface area contributed by atoms with Gasteiger partial charge in [0.25, 0.3) is 0 Å². The molecule has 0 aliphatic carbocycles. The molecular formula is C15H20BrClN4. The highest BCUT2D eigenvalue weighted by Gasteiger charge is 2.26. The lowest BCUT2D eigenvalue weighted by atomic mass is 10.2. The van der Waals surface area contributed by atoms with Gasteiger partial charge in [0.15, 0.2) is 0 Å². The first-order chi connectivity index (χ1) is 10.0. The van der Waals surface area contributed by atoms with Gasteiger partial charge in [-0.15, -0.1) is 0 Å². The molecule has 2 aromatic rings. The third-order valence-corrected chi connectivity index (χ3v) is 5.61. The minimum atomic E-state index is 0.601. The lowest BCUT2D eigenvalue weighted by Gasteiger charge is -2.22. The number of aryl methyl sites for hydroxylation is 1. The Bertz CT molecular complexity index is 667. The second-order valence-corrected chi connectivity index (χ2v) is 6.99. The fourth-order valence-electron chi connectivity index (χ4n) is 2.95. The van der Waals surface area contributed by atoms with Crippen molar-refractivity contribution in [2.45, 2.75) is 25.9 Å². The van der Waals surface area contributed by atoms with Gasteiger partial charge in [-0.1, -0.05) is 11.6 Å². The van der Waals surface area contributed by atoms with Crippen LogP contribution in [0.1, 0.15) is 13.3 Å². The van der Waals surface area contributed by atoms with E-state index in [9.17, 15) is 0 Å². The van der Waals surface area contributed by atoms with Crippen molar-refractivity contribution in [2.24, 2.45) is 0 Å². The van der Waals surface area contributed by atoms with Crippen molar-refractivity contribution in [1.29, 1.82) is 0 Å². The zero-order valence-corrected chi connectivity index (χ0v) is 14.9. The molecule has 1 aromatic carbocycles. The van der Waals surface area contributed by atoms with Crippen LogP contribution < -0.4 is 4.90 Å². The van der Waals surface area contributed by atoms with E-state index >= 15 is 0 Å². The Balaban J connectivity index is 2.06. The third-order valence-electron chi connectivity index (χ3n) is 4.28.